The molecule has 0 N–H and O–H groups in total. The smallest absolute Gasteiger partial charge is 0.0441 e. The summed E-state index contributed by atoms with van der Waals surface area (Å²) in [6, 6.07) is 4.29. The number of aryl methyl sites for hydroxylation is 2. The van der Waals surface area contributed by atoms with Crippen LogP contribution in [0.1, 0.15) is 37.0 Å². The van der Waals surface area contributed by atoms with Crippen LogP contribution in [0.4, 0.5) is 0 Å². The van der Waals surface area contributed by atoms with Crippen LogP contribution in [0.15, 0.2) is 24.3 Å². The molecule has 0 heterocycles. The van der Waals surface area contributed by atoms with Crippen LogP contribution in [0.2, 0.25) is 5.02 Å². The molecule has 0 spiro atoms. The fraction of sp³-hybridized carbons (Fsp3) is 0.467. The molecule has 1 aromatic carbocycles. The highest BCUT2D eigenvalue weighted by molar-refractivity contribution is 6.31. The average molecular weight is 237 g/mol. The van der Waals surface area contributed by atoms with Crippen molar-refractivity contribution < 1.29 is 0 Å². The van der Waals surface area contributed by atoms with Gasteiger partial charge in [-0.15, -0.1) is 0 Å². The molecule has 16 heavy (non-hydrogen) atoms. The topological polar surface area (TPSA) is 0 Å². The zero-order chi connectivity index (χ0) is 12.1. The van der Waals surface area contributed by atoms with Gasteiger partial charge in [-0.3, -0.25) is 0 Å². The van der Waals surface area contributed by atoms with E-state index in [0.29, 0.717) is 5.92 Å². The molecule has 0 fully saturated rings. The molecule has 0 aliphatic rings. The first-order chi connectivity index (χ1) is 7.54. The standard InChI is InChI=1S/C15H21Cl/c1-5-6-7-11(2)8-14-9-12(3)13(4)10-15(14)16/h6-7,9-11H,5,8H2,1-4H3/b7-6-. The summed E-state index contributed by atoms with van der Waals surface area (Å²) in [6.45, 7) is 8.64. The minimum atomic E-state index is 0.555. The van der Waals surface area contributed by atoms with Gasteiger partial charge >= 0.3 is 0 Å². The van der Waals surface area contributed by atoms with Crippen LogP contribution < -0.4 is 0 Å². The van der Waals surface area contributed by atoms with E-state index < -0.39 is 0 Å². The SMILES string of the molecule is CC/C=C\C(C)Cc1cc(C)c(C)cc1Cl. The Morgan fingerprint density at radius 1 is 1.25 bits per heavy atom. The van der Waals surface area contributed by atoms with Crippen LogP contribution >= 0.6 is 11.6 Å². The second kappa shape index (κ2) is 6.10. The fourth-order valence-electron chi connectivity index (χ4n) is 1.78. The van der Waals surface area contributed by atoms with E-state index in [1.807, 2.05) is 0 Å². The Labute approximate surface area is 104 Å². The normalized spacial score (nSPS) is 13.3. The van der Waals surface area contributed by atoms with E-state index in [4.69, 9.17) is 11.6 Å². The second-order valence-corrected chi connectivity index (χ2v) is 4.95. The zero-order valence-corrected chi connectivity index (χ0v) is 11.4. The lowest BCUT2D eigenvalue weighted by molar-refractivity contribution is 0.720. The molecule has 0 bridgehead atoms. The third-order valence-corrected chi connectivity index (χ3v) is 3.26. The minimum Gasteiger partial charge on any atom is -0.0885 e. The van der Waals surface area contributed by atoms with Crippen LogP contribution in [0.3, 0.4) is 0 Å². The molecule has 0 nitrogen and oxygen atoms in total. The molecule has 1 atom stereocenters. The summed E-state index contributed by atoms with van der Waals surface area (Å²) in [5, 5.41) is 0.903. The van der Waals surface area contributed by atoms with E-state index in [2.05, 4.69) is 52.0 Å². The predicted molar refractivity (Wildman–Crippen MR) is 73.2 cm³/mol. The monoisotopic (exact) mass is 236 g/mol. The highest BCUT2D eigenvalue weighted by atomic mass is 35.5. The maximum Gasteiger partial charge on any atom is 0.0441 e. The Bertz CT molecular complexity index is 377. The van der Waals surface area contributed by atoms with Gasteiger partial charge in [0.1, 0.15) is 0 Å². The van der Waals surface area contributed by atoms with Crippen molar-refractivity contribution in [3.05, 3.63) is 46.0 Å². The van der Waals surface area contributed by atoms with Crippen LogP contribution in [0.25, 0.3) is 0 Å². The lowest BCUT2D eigenvalue weighted by Crippen LogP contribution is -1.98. The third-order valence-electron chi connectivity index (χ3n) is 2.90. The summed E-state index contributed by atoms with van der Waals surface area (Å²) in [6.07, 6.45) is 6.62. The van der Waals surface area contributed by atoms with Crippen molar-refractivity contribution in [3.63, 3.8) is 0 Å². The number of hydrogen-bond acceptors (Lipinski definition) is 0. The number of hydrogen-bond donors (Lipinski definition) is 0. The summed E-state index contributed by atoms with van der Waals surface area (Å²) < 4.78 is 0. The Hall–Kier alpha value is -0.750. The van der Waals surface area contributed by atoms with Gasteiger partial charge in [0, 0.05) is 5.02 Å². The van der Waals surface area contributed by atoms with Crippen LogP contribution in [0, 0.1) is 19.8 Å². The van der Waals surface area contributed by atoms with Gasteiger partial charge < -0.3 is 0 Å². The van der Waals surface area contributed by atoms with E-state index in [0.717, 1.165) is 17.9 Å². The number of benzene rings is 1. The zero-order valence-electron chi connectivity index (χ0n) is 10.7. The molecule has 1 rings (SSSR count). The first kappa shape index (κ1) is 13.3. The summed E-state index contributed by atoms with van der Waals surface area (Å²) in [5.41, 5.74) is 3.86. The number of halogens is 1. The molecular formula is C15H21Cl. The van der Waals surface area contributed by atoms with Gasteiger partial charge in [-0.2, -0.15) is 0 Å². The largest absolute Gasteiger partial charge is 0.0885 e. The molecule has 0 aliphatic carbocycles. The minimum absolute atomic E-state index is 0.555. The first-order valence-electron chi connectivity index (χ1n) is 5.96. The van der Waals surface area contributed by atoms with Gasteiger partial charge in [0.25, 0.3) is 0 Å². The Kier molecular flexibility index (Phi) is 5.08. The van der Waals surface area contributed by atoms with Gasteiger partial charge in [-0.1, -0.05) is 43.7 Å². The van der Waals surface area contributed by atoms with Crippen LogP contribution in [-0.4, -0.2) is 0 Å². The Morgan fingerprint density at radius 2 is 1.88 bits per heavy atom. The van der Waals surface area contributed by atoms with E-state index >= 15 is 0 Å². The molecular weight excluding hydrogens is 216 g/mol. The van der Waals surface area contributed by atoms with Crippen molar-refractivity contribution in [2.24, 2.45) is 5.92 Å². The highest BCUT2D eigenvalue weighted by Crippen LogP contribution is 2.23. The van der Waals surface area contributed by atoms with Crippen molar-refractivity contribution in [2.45, 2.75) is 40.5 Å². The van der Waals surface area contributed by atoms with E-state index in [-0.39, 0.29) is 0 Å². The molecule has 0 saturated heterocycles. The summed E-state index contributed by atoms with van der Waals surface area (Å²) >= 11 is 6.26. The van der Waals surface area contributed by atoms with Gasteiger partial charge in [-0.25, -0.2) is 0 Å². The van der Waals surface area contributed by atoms with Crippen LogP contribution in [0.5, 0.6) is 0 Å². The summed E-state index contributed by atoms with van der Waals surface area (Å²) in [7, 11) is 0. The summed E-state index contributed by atoms with van der Waals surface area (Å²) in [4.78, 5) is 0. The Balaban J connectivity index is 2.81. The molecule has 0 radical (unpaired) electrons. The Morgan fingerprint density at radius 3 is 2.50 bits per heavy atom. The van der Waals surface area contributed by atoms with Crippen LogP contribution in [-0.2, 0) is 6.42 Å². The third kappa shape index (κ3) is 3.68. The van der Waals surface area contributed by atoms with Crippen molar-refractivity contribution in [2.75, 3.05) is 0 Å². The highest BCUT2D eigenvalue weighted by Gasteiger charge is 2.06. The van der Waals surface area contributed by atoms with E-state index in [9.17, 15) is 0 Å². The van der Waals surface area contributed by atoms with Gasteiger partial charge in [0.2, 0.25) is 0 Å². The second-order valence-electron chi connectivity index (χ2n) is 4.55. The number of rotatable bonds is 4. The summed E-state index contributed by atoms with van der Waals surface area (Å²) in [5.74, 6) is 0.555. The van der Waals surface area contributed by atoms with E-state index in [1.54, 1.807) is 0 Å². The van der Waals surface area contributed by atoms with Gasteiger partial charge in [0.15, 0.2) is 0 Å². The molecule has 0 aromatic heterocycles. The van der Waals surface area contributed by atoms with Gasteiger partial charge in [0.05, 0.1) is 0 Å². The lowest BCUT2D eigenvalue weighted by atomic mass is 9.97. The van der Waals surface area contributed by atoms with Gasteiger partial charge in [-0.05, 0) is 55.4 Å². The molecule has 0 aliphatic heterocycles. The molecule has 0 amide bonds. The number of allylic oxidation sites excluding steroid dienone is 2. The molecule has 88 valence electrons. The predicted octanol–water partition coefficient (Wildman–Crippen LogP) is 5.10. The quantitative estimate of drug-likeness (QED) is 0.638. The molecule has 0 saturated carbocycles. The molecule has 1 unspecified atom stereocenters. The average Bonchev–Trinajstić information content (AvgIpc) is 2.23. The first-order valence-corrected chi connectivity index (χ1v) is 6.34. The molecule has 1 heteroatoms. The lowest BCUT2D eigenvalue weighted by Gasteiger charge is -2.11. The van der Waals surface area contributed by atoms with E-state index in [1.165, 1.54) is 16.7 Å². The maximum absolute atomic E-state index is 6.26. The fourth-order valence-corrected chi connectivity index (χ4v) is 2.08. The van der Waals surface area contributed by atoms with Crippen molar-refractivity contribution in [1.82, 2.24) is 0 Å². The van der Waals surface area contributed by atoms with Crippen molar-refractivity contribution in [1.29, 1.82) is 0 Å². The maximum atomic E-state index is 6.26. The van der Waals surface area contributed by atoms with Crippen molar-refractivity contribution in [3.8, 4) is 0 Å². The molecule has 1 aromatic rings. The van der Waals surface area contributed by atoms with Crippen molar-refractivity contribution >= 4 is 11.6 Å².